The number of halogens is 1. The van der Waals surface area contributed by atoms with Gasteiger partial charge in [0, 0.05) is 4.47 Å². The van der Waals surface area contributed by atoms with Gasteiger partial charge in [-0.15, -0.1) is 0 Å². The topological polar surface area (TPSA) is 59.9 Å². The van der Waals surface area contributed by atoms with Gasteiger partial charge in [0.25, 0.3) is 5.91 Å². The number of rotatable bonds is 6. The maximum absolute atomic E-state index is 11.7. The zero-order valence-corrected chi connectivity index (χ0v) is 14.5. The zero-order valence-electron chi connectivity index (χ0n) is 12.9. The molecule has 6 heteroatoms. The summed E-state index contributed by atoms with van der Waals surface area (Å²) < 4.78 is 11.4. The Labute approximate surface area is 143 Å². The smallest absolute Gasteiger partial charge is 0.277 e. The third kappa shape index (κ3) is 5.41. The predicted octanol–water partition coefficient (Wildman–Crippen LogP) is 3.38. The second kappa shape index (κ2) is 8.33. The summed E-state index contributed by atoms with van der Waals surface area (Å²) >= 11 is 3.34. The van der Waals surface area contributed by atoms with Crippen molar-refractivity contribution in [3.05, 3.63) is 58.6 Å². The van der Waals surface area contributed by atoms with Gasteiger partial charge in [-0.3, -0.25) is 4.79 Å². The molecule has 0 saturated carbocycles. The number of hydrazone groups is 1. The fourth-order valence-corrected chi connectivity index (χ4v) is 2.02. The summed E-state index contributed by atoms with van der Waals surface area (Å²) in [6.45, 7) is 1.72. The van der Waals surface area contributed by atoms with Gasteiger partial charge in [-0.1, -0.05) is 15.9 Å². The van der Waals surface area contributed by atoms with Gasteiger partial charge in [0.05, 0.1) is 12.8 Å². The minimum Gasteiger partial charge on any atom is -0.497 e. The van der Waals surface area contributed by atoms with Crippen LogP contribution in [0.25, 0.3) is 0 Å². The summed E-state index contributed by atoms with van der Waals surface area (Å²) in [6.07, 6.45) is 0. The van der Waals surface area contributed by atoms with Crippen LogP contribution in [0.1, 0.15) is 12.5 Å². The van der Waals surface area contributed by atoms with E-state index in [9.17, 15) is 4.79 Å². The number of nitrogens with zero attached hydrogens (tertiary/aromatic N) is 1. The van der Waals surface area contributed by atoms with Crippen molar-refractivity contribution in [3.63, 3.8) is 0 Å². The molecule has 5 nitrogen and oxygen atoms in total. The Morgan fingerprint density at radius 3 is 2.30 bits per heavy atom. The standard InChI is InChI=1S/C17H17BrN2O3/c1-12(13-3-7-15(22-2)8-4-13)19-20-17(21)11-23-16-9-5-14(18)6-10-16/h3-10H,11H2,1-2H3,(H,20,21)/b19-12-. The Morgan fingerprint density at radius 1 is 1.09 bits per heavy atom. The van der Waals surface area contributed by atoms with Crippen LogP contribution < -0.4 is 14.9 Å². The lowest BCUT2D eigenvalue weighted by Crippen LogP contribution is -2.25. The normalized spacial score (nSPS) is 11.0. The van der Waals surface area contributed by atoms with Gasteiger partial charge >= 0.3 is 0 Å². The van der Waals surface area contributed by atoms with Gasteiger partial charge < -0.3 is 9.47 Å². The van der Waals surface area contributed by atoms with E-state index in [1.54, 1.807) is 19.2 Å². The van der Waals surface area contributed by atoms with Gasteiger partial charge in [-0.25, -0.2) is 5.43 Å². The number of benzene rings is 2. The first-order valence-corrected chi connectivity index (χ1v) is 7.73. The van der Waals surface area contributed by atoms with Gasteiger partial charge in [-0.05, 0) is 61.0 Å². The number of methoxy groups -OCH3 is 1. The molecule has 2 aromatic rings. The molecule has 2 aromatic carbocycles. The van der Waals surface area contributed by atoms with Crippen molar-refractivity contribution >= 4 is 27.5 Å². The summed E-state index contributed by atoms with van der Waals surface area (Å²) in [5, 5.41) is 4.07. The van der Waals surface area contributed by atoms with Crippen LogP contribution in [0.4, 0.5) is 0 Å². The van der Waals surface area contributed by atoms with E-state index >= 15 is 0 Å². The number of carbonyl (C=O) groups is 1. The maximum atomic E-state index is 11.7. The first-order chi connectivity index (χ1) is 11.1. The summed E-state index contributed by atoms with van der Waals surface area (Å²) in [5.41, 5.74) is 4.08. The lowest BCUT2D eigenvalue weighted by atomic mass is 10.1. The van der Waals surface area contributed by atoms with E-state index in [1.807, 2.05) is 43.3 Å². The van der Waals surface area contributed by atoms with Gasteiger partial charge in [0.15, 0.2) is 6.61 Å². The molecule has 0 unspecified atom stereocenters. The van der Waals surface area contributed by atoms with Crippen LogP contribution in [0.2, 0.25) is 0 Å². The molecule has 120 valence electrons. The molecule has 0 radical (unpaired) electrons. The number of hydrogen-bond donors (Lipinski definition) is 1. The molecule has 0 heterocycles. The van der Waals surface area contributed by atoms with Crippen LogP contribution >= 0.6 is 15.9 Å². The van der Waals surface area contributed by atoms with Crippen LogP contribution in [0.3, 0.4) is 0 Å². The Kier molecular flexibility index (Phi) is 6.17. The first-order valence-electron chi connectivity index (χ1n) is 6.94. The van der Waals surface area contributed by atoms with E-state index in [0.29, 0.717) is 11.5 Å². The lowest BCUT2D eigenvalue weighted by Gasteiger charge is -2.06. The summed E-state index contributed by atoms with van der Waals surface area (Å²) in [6, 6.07) is 14.7. The molecule has 0 bridgehead atoms. The molecule has 0 atom stereocenters. The number of nitrogens with one attached hydrogen (secondary N) is 1. The molecule has 2 rings (SSSR count). The van der Waals surface area contributed by atoms with Crippen LogP contribution in [-0.4, -0.2) is 25.3 Å². The van der Waals surface area contributed by atoms with Crippen LogP contribution in [0, 0.1) is 0 Å². The average Bonchev–Trinajstić information content (AvgIpc) is 2.59. The molecule has 23 heavy (non-hydrogen) atoms. The van der Waals surface area contributed by atoms with Crippen LogP contribution in [-0.2, 0) is 4.79 Å². The van der Waals surface area contributed by atoms with Crippen molar-refractivity contribution in [1.82, 2.24) is 5.43 Å². The molecule has 0 spiro atoms. The fourth-order valence-electron chi connectivity index (χ4n) is 1.75. The monoisotopic (exact) mass is 376 g/mol. The summed E-state index contributed by atoms with van der Waals surface area (Å²) in [4.78, 5) is 11.7. The number of hydrogen-bond acceptors (Lipinski definition) is 4. The van der Waals surface area contributed by atoms with Gasteiger partial charge in [0.1, 0.15) is 11.5 Å². The number of carbonyl (C=O) groups excluding carboxylic acids is 1. The van der Waals surface area contributed by atoms with E-state index in [1.165, 1.54) is 0 Å². The Bertz CT molecular complexity index is 682. The average molecular weight is 377 g/mol. The van der Waals surface area contributed by atoms with Gasteiger partial charge in [-0.2, -0.15) is 5.10 Å². The Balaban J connectivity index is 1.85. The third-order valence-electron chi connectivity index (χ3n) is 3.04. The molecular weight excluding hydrogens is 360 g/mol. The van der Waals surface area contributed by atoms with Crippen molar-refractivity contribution in [2.45, 2.75) is 6.92 Å². The molecule has 0 fully saturated rings. The highest BCUT2D eigenvalue weighted by atomic mass is 79.9. The zero-order chi connectivity index (χ0) is 16.7. The van der Waals surface area contributed by atoms with E-state index in [0.717, 1.165) is 15.8 Å². The minimum atomic E-state index is -0.319. The summed E-state index contributed by atoms with van der Waals surface area (Å²) in [5.74, 6) is 1.08. The summed E-state index contributed by atoms with van der Waals surface area (Å²) in [7, 11) is 1.61. The second-order valence-corrected chi connectivity index (χ2v) is 5.62. The molecule has 0 aliphatic heterocycles. The second-order valence-electron chi connectivity index (χ2n) is 4.70. The highest BCUT2D eigenvalue weighted by molar-refractivity contribution is 9.10. The lowest BCUT2D eigenvalue weighted by molar-refractivity contribution is -0.123. The highest BCUT2D eigenvalue weighted by Crippen LogP contribution is 2.16. The maximum Gasteiger partial charge on any atom is 0.277 e. The van der Waals surface area contributed by atoms with Crippen LogP contribution in [0.15, 0.2) is 58.1 Å². The van der Waals surface area contributed by atoms with Gasteiger partial charge in [0.2, 0.25) is 0 Å². The first kappa shape index (κ1) is 17.0. The fraction of sp³-hybridized carbons (Fsp3) is 0.176. The van der Waals surface area contributed by atoms with Crippen molar-refractivity contribution < 1.29 is 14.3 Å². The minimum absolute atomic E-state index is 0.0962. The molecule has 0 saturated heterocycles. The van der Waals surface area contributed by atoms with E-state index in [2.05, 4.69) is 26.5 Å². The molecule has 0 aromatic heterocycles. The molecule has 1 N–H and O–H groups in total. The molecular formula is C17H17BrN2O3. The Morgan fingerprint density at radius 2 is 1.70 bits per heavy atom. The van der Waals surface area contributed by atoms with E-state index in [4.69, 9.17) is 9.47 Å². The quantitative estimate of drug-likeness (QED) is 0.620. The van der Waals surface area contributed by atoms with E-state index < -0.39 is 0 Å². The van der Waals surface area contributed by atoms with Crippen LogP contribution in [0.5, 0.6) is 11.5 Å². The third-order valence-corrected chi connectivity index (χ3v) is 3.57. The van der Waals surface area contributed by atoms with Crippen molar-refractivity contribution in [2.75, 3.05) is 13.7 Å². The molecule has 0 aliphatic carbocycles. The molecule has 1 amide bonds. The SMILES string of the molecule is COc1ccc(/C(C)=N\NC(=O)COc2ccc(Br)cc2)cc1. The van der Waals surface area contributed by atoms with E-state index in [-0.39, 0.29) is 12.5 Å². The van der Waals surface area contributed by atoms with Crippen molar-refractivity contribution in [2.24, 2.45) is 5.10 Å². The van der Waals surface area contributed by atoms with Crippen molar-refractivity contribution in [1.29, 1.82) is 0 Å². The number of ether oxygens (including phenoxy) is 2. The van der Waals surface area contributed by atoms with Crippen molar-refractivity contribution in [3.8, 4) is 11.5 Å². The number of amides is 1. The molecule has 0 aliphatic rings. The Hall–Kier alpha value is -2.34. The largest absolute Gasteiger partial charge is 0.497 e. The highest BCUT2D eigenvalue weighted by Gasteiger charge is 2.03. The predicted molar refractivity (Wildman–Crippen MR) is 93.0 cm³/mol.